The molecule has 2 aliphatic heterocycles. The molecule has 2 aromatic rings. The molecule has 2 unspecified atom stereocenters. The van der Waals surface area contributed by atoms with Crippen LogP contribution in [0, 0.1) is 0 Å². The second-order valence-corrected chi connectivity index (χ2v) is 10.1. The second kappa shape index (κ2) is 10.6. The molecule has 3 N–H and O–H groups in total. The molecule has 4 rings (SSSR count). The average molecular weight is 534 g/mol. The van der Waals surface area contributed by atoms with Crippen molar-refractivity contribution in [2.45, 2.75) is 29.4 Å². The molecule has 0 saturated carbocycles. The van der Waals surface area contributed by atoms with Crippen molar-refractivity contribution < 1.29 is 34.1 Å². The van der Waals surface area contributed by atoms with Crippen LogP contribution in [0.25, 0.3) is 0 Å². The highest BCUT2D eigenvalue weighted by atomic mass is 32.2. The lowest BCUT2D eigenvalue weighted by atomic mass is 10.0. The van der Waals surface area contributed by atoms with Crippen molar-refractivity contribution in [1.29, 1.82) is 0 Å². The number of thioether (sulfide) groups is 2. The number of β-lactam (4-membered cyclic amide) rings is 1. The maximum Gasteiger partial charge on any atom is 0.352 e. The quantitative estimate of drug-likeness (QED) is 0.294. The largest absolute Gasteiger partial charge is 0.484 e. The number of amides is 2. The average Bonchev–Trinajstić information content (AvgIpc) is 3.23. The zero-order valence-electron chi connectivity index (χ0n) is 19.3. The number of hydrogen-bond acceptors (Lipinski definition) is 9. The van der Waals surface area contributed by atoms with E-state index in [2.05, 4.69) is 15.5 Å². The molecule has 36 heavy (non-hydrogen) atoms. The van der Waals surface area contributed by atoms with Crippen molar-refractivity contribution in [2.24, 2.45) is 7.05 Å². The predicted molar refractivity (Wildman–Crippen MR) is 129 cm³/mol. The number of aromatic nitrogens is 3. The number of hydrogen-bond donors (Lipinski definition) is 3. The summed E-state index contributed by atoms with van der Waals surface area (Å²) in [5, 5.41) is 29.5. The highest BCUT2D eigenvalue weighted by molar-refractivity contribution is 8.01. The number of aliphatic carboxylic acids is 2. The zero-order chi connectivity index (χ0) is 26.0. The van der Waals surface area contributed by atoms with Crippen LogP contribution in [0.3, 0.4) is 0 Å². The number of nitrogens with zero attached hydrogens (tertiary/aromatic N) is 4. The number of carboxylic acids is 2. The van der Waals surface area contributed by atoms with Gasteiger partial charge in [-0.3, -0.25) is 19.3 Å². The van der Waals surface area contributed by atoms with Crippen molar-refractivity contribution in [3.8, 4) is 5.75 Å². The first-order chi connectivity index (χ1) is 17.2. The van der Waals surface area contributed by atoms with Crippen LogP contribution in [0.15, 0.2) is 46.8 Å². The van der Waals surface area contributed by atoms with Crippen molar-refractivity contribution >= 4 is 47.3 Å². The minimum atomic E-state index is -1.24. The lowest BCUT2D eigenvalue weighted by Crippen LogP contribution is -2.70. The lowest BCUT2D eigenvalue weighted by molar-refractivity contribution is -0.150. The Balaban J connectivity index is 1.40. The van der Waals surface area contributed by atoms with Crippen molar-refractivity contribution in [1.82, 2.24) is 25.0 Å². The highest BCUT2D eigenvalue weighted by Gasteiger charge is 2.54. The van der Waals surface area contributed by atoms with Crippen molar-refractivity contribution in [2.75, 3.05) is 18.1 Å². The fourth-order valence-corrected chi connectivity index (χ4v) is 6.17. The van der Waals surface area contributed by atoms with E-state index < -0.39 is 41.1 Å². The Morgan fingerprint density at radius 3 is 2.64 bits per heavy atom. The Kier molecular flexibility index (Phi) is 7.54. The summed E-state index contributed by atoms with van der Waals surface area (Å²) in [5.74, 6) is -2.73. The molecule has 12 nitrogen and oxygen atoms in total. The normalized spacial score (nSPS) is 19.8. The third kappa shape index (κ3) is 5.04. The molecule has 0 spiro atoms. The van der Waals surface area contributed by atoms with E-state index in [1.165, 1.54) is 35.3 Å². The monoisotopic (exact) mass is 533 g/mol. The van der Waals surface area contributed by atoms with Crippen LogP contribution in [0.1, 0.15) is 18.7 Å². The van der Waals surface area contributed by atoms with Gasteiger partial charge in [0.2, 0.25) is 0 Å². The van der Waals surface area contributed by atoms with E-state index in [1.54, 1.807) is 35.9 Å². The van der Waals surface area contributed by atoms with Gasteiger partial charge in [-0.1, -0.05) is 30.0 Å². The van der Waals surface area contributed by atoms with Gasteiger partial charge in [0.05, 0.1) is 0 Å². The Hall–Kier alpha value is -3.52. The molecular weight excluding hydrogens is 510 g/mol. The van der Waals surface area contributed by atoms with E-state index in [0.29, 0.717) is 22.2 Å². The van der Waals surface area contributed by atoms with Crippen LogP contribution in [0.4, 0.5) is 0 Å². The molecular formula is C22H23N5O7S2. The fourth-order valence-electron chi connectivity index (χ4n) is 3.77. The van der Waals surface area contributed by atoms with Gasteiger partial charge in [0.25, 0.3) is 11.8 Å². The third-order valence-corrected chi connectivity index (χ3v) is 8.13. The van der Waals surface area contributed by atoms with Crippen LogP contribution in [0.5, 0.6) is 5.75 Å². The van der Waals surface area contributed by atoms with Crippen molar-refractivity contribution in [3.63, 3.8) is 0 Å². The minimum absolute atomic E-state index is 0.108. The van der Waals surface area contributed by atoms with Gasteiger partial charge in [-0.2, -0.15) is 0 Å². The summed E-state index contributed by atoms with van der Waals surface area (Å²) in [6, 6.07) is 7.93. The van der Waals surface area contributed by atoms with Gasteiger partial charge < -0.3 is 24.8 Å². The number of benzene rings is 1. The van der Waals surface area contributed by atoms with Gasteiger partial charge in [-0.15, -0.1) is 22.0 Å². The molecule has 0 radical (unpaired) electrons. The van der Waals surface area contributed by atoms with Gasteiger partial charge >= 0.3 is 11.9 Å². The highest BCUT2D eigenvalue weighted by Crippen LogP contribution is 2.41. The van der Waals surface area contributed by atoms with Gasteiger partial charge in [0, 0.05) is 18.6 Å². The first-order valence-corrected chi connectivity index (χ1v) is 12.8. The number of ether oxygens (including phenoxy) is 1. The summed E-state index contributed by atoms with van der Waals surface area (Å²) in [4.78, 5) is 49.6. The molecule has 1 saturated heterocycles. The molecule has 1 aromatic carbocycles. The van der Waals surface area contributed by atoms with Gasteiger partial charge in [-0.05, 0) is 24.6 Å². The first kappa shape index (κ1) is 25.6. The summed E-state index contributed by atoms with van der Waals surface area (Å²) in [5.41, 5.74) is 0.415. The van der Waals surface area contributed by atoms with Crippen molar-refractivity contribution in [3.05, 3.63) is 47.4 Å². The third-order valence-electron chi connectivity index (χ3n) is 5.68. The summed E-state index contributed by atoms with van der Waals surface area (Å²) in [7, 11) is 1.64. The number of nitrogens with one attached hydrogen (secondary N) is 1. The predicted octanol–water partition coefficient (Wildman–Crippen LogP) is 0.913. The Bertz CT molecular complexity index is 1230. The number of rotatable bonds is 10. The molecule has 2 aliphatic rings. The summed E-state index contributed by atoms with van der Waals surface area (Å²) in [6.45, 7) is 1.23. The second-order valence-electron chi connectivity index (χ2n) is 8.06. The van der Waals surface area contributed by atoms with E-state index in [4.69, 9.17) is 4.74 Å². The maximum atomic E-state index is 12.8. The van der Waals surface area contributed by atoms with Gasteiger partial charge in [0.15, 0.2) is 11.8 Å². The molecule has 1 fully saturated rings. The Labute approximate surface area is 214 Å². The maximum absolute atomic E-state index is 12.8. The first-order valence-electron chi connectivity index (χ1n) is 10.8. The minimum Gasteiger partial charge on any atom is -0.484 e. The standard InChI is InChI=1S/C22H23N5O7S2/c1-11(20(30)31)17-24-25-22(26(17)2)36-10-12-9-35-19-15(18(29)27(19)16(12)21(32)33)23-14(28)8-34-13-6-4-3-5-7-13/h3-7,11,15,19H,8-10H2,1-2H3,(H,23,28)(H,30,31)(H,32,33)/t11?,15?,19-/m1/s1. The van der Waals surface area contributed by atoms with Crippen LogP contribution in [-0.4, -0.2) is 83.2 Å². The Morgan fingerprint density at radius 1 is 1.25 bits per heavy atom. The molecule has 3 atom stereocenters. The molecule has 0 aliphatic carbocycles. The topological polar surface area (TPSA) is 164 Å². The molecule has 0 bridgehead atoms. The van der Waals surface area contributed by atoms with Crippen LogP contribution in [-0.2, 0) is 26.2 Å². The lowest BCUT2D eigenvalue weighted by Gasteiger charge is -2.49. The summed E-state index contributed by atoms with van der Waals surface area (Å²) >= 11 is 2.57. The van der Waals surface area contributed by atoms with Gasteiger partial charge in [-0.25, -0.2) is 4.79 Å². The van der Waals surface area contributed by atoms with Crippen LogP contribution >= 0.6 is 23.5 Å². The van der Waals surface area contributed by atoms with E-state index >= 15 is 0 Å². The summed E-state index contributed by atoms with van der Waals surface area (Å²) < 4.78 is 6.96. The number of para-hydroxylation sites is 1. The molecule has 2 amide bonds. The SMILES string of the molecule is CC(C(=O)O)c1nnc(SCC2=C(C(=O)O)N3C(=O)C(NC(=O)COc4ccccc4)[C@H]3SC2)n1C. The molecule has 1 aromatic heterocycles. The van der Waals surface area contributed by atoms with Crippen LogP contribution in [0.2, 0.25) is 0 Å². The van der Waals surface area contributed by atoms with E-state index in [0.717, 1.165) is 0 Å². The zero-order valence-corrected chi connectivity index (χ0v) is 20.9. The Morgan fingerprint density at radius 2 is 1.97 bits per heavy atom. The number of carbonyl (C=O) groups is 4. The molecule has 190 valence electrons. The van der Waals surface area contributed by atoms with Crippen LogP contribution < -0.4 is 10.1 Å². The van der Waals surface area contributed by atoms with E-state index in [-0.39, 0.29) is 23.9 Å². The molecule has 3 heterocycles. The van der Waals surface area contributed by atoms with Gasteiger partial charge in [0.1, 0.15) is 34.6 Å². The summed E-state index contributed by atoms with van der Waals surface area (Å²) in [6.07, 6.45) is 0. The fraction of sp³-hybridized carbons (Fsp3) is 0.364. The van der Waals surface area contributed by atoms with E-state index in [1.807, 2.05) is 6.07 Å². The number of carboxylic acid groups (broad SMARTS) is 2. The number of fused-ring (bicyclic) bond motifs is 1. The van der Waals surface area contributed by atoms with E-state index in [9.17, 15) is 29.4 Å². The smallest absolute Gasteiger partial charge is 0.352 e. The molecule has 14 heteroatoms. The number of carbonyl (C=O) groups excluding carboxylic acids is 2.